The summed E-state index contributed by atoms with van der Waals surface area (Å²) < 4.78 is 2.72. The Balaban J connectivity index is 2.28. The van der Waals surface area contributed by atoms with Crippen LogP contribution in [0.15, 0.2) is 29.0 Å². The smallest absolute Gasteiger partial charge is 0.273 e. The largest absolute Gasteiger partial charge is 0.339 e. The van der Waals surface area contributed by atoms with Gasteiger partial charge in [-0.3, -0.25) is 4.79 Å². The summed E-state index contributed by atoms with van der Waals surface area (Å²) in [5, 5.41) is 3.36. The molecular weight excluding hydrogens is 342 g/mol. The first kappa shape index (κ1) is 15.1. The minimum absolute atomic E-state index is 0.155. The molecule has 0 saturated carbocycles. The Bertz CT molecular complexity index is 652. The third-order valence-corrected chi connectivity index (χ3v) is 3.52. The number of pyridine rings is 1. The van der Waals surface area contributed by atoms with E-state index in [0.29, 0.717) is 16.5 Å². The molecule has 1 amide bonds. The van der Waals surface area contributed by atoms with Crippen LogP contribution in [-0.2, 0) is 0 Å². The summed E-state index contributed by atoms with van der Waals surface area (Å²) in [6.45, 7) is 5.88. The number of nitrogens with zero attached hydrogens (tertiary/aromatic N) is 2. The topological polar surface area (TPSA) is 46.9 Å². The number of anilines is 1. The molecule has 2 aromatic rings. The fraction of sp³-hybridized carbons (Fsp3) is 0.286. The number of nitrogens with one attached hydrogen (secondary N) is 1. The van der Waals surface area contributed by atoms with Gasteiger partial charge in [-0.2, -0.15) is 0 Å². The molecule has 0 aliphatic rings. The lowest BCUT2D eigenvalue weighted by atomic mass is 10.3. The van der Waals surface area contributed by atoms with Crippen molar-refractivity contribution in [1.82, 2.24) is 9.55 Å². The van der Waals surface area contributed by atoms with Gasteiger partial charge in [0.1, 0.15) is 11.5 Å². The number of aromatic nitrogens is 2. The minimum atomic E-state index is -0.219. The van der Waals surface area contributed by atoms with Gasteiger partial charge in [0.2, 0.25) is 0 Å². The second-order valence-corrected chi connectivity index (χ2v) is 6.17. The number of hydrogen-bond donors (Lipinski definition) is 1. The Morgan fingerprint density at radius 2 is 2.15 bits per heavy atom. The molecule has 1 N–H and O–H groups in total. The first-order chi connectivity index (χ1) is 9.38. The number of carbonyl (C=O) groups excluding carboxylic acids is 1. The number of rotatable bonds is 3. The summed E-state index contributed by atoms with van der Waals surface area (Å²) in [6, 6.07) is 3.71. The second kappa shape index (κ2) is 5.97. The van der Waals surface area contributed by atoms with Crippen molar-refractivity contribution in [3.63, 3.8) is 0 Å². The monoisotopic (exact) mass is 355 g/mol. The van der Waals surface area contributed by atoms with Gasteiger partial charge in [0.15, 0.2) is 0 Å². The van der Waals surface area contributed by atoms with E-state index >= 15 is 0 Å². The molecule has 0 aliphatic carbocycles. The van der Waals surface area contributed by atoms with E-state index in [-0.39, 0.29) is 11.9 Å². The van der Waals surface area contributed by atoms with Crippen molar-refractivity contribution >= 4 is 39.3 Å². The predicted octanol–water partition coefficient (Wildman–Crippen LogP) is 4.44. The molecule has 0 saturated heterocycles. The molecule has 2 aromatic heterocycles. The summed E-state index contributed by atoms with van der Waals surface area (Å²) in [4.78, 5) is 16.6. The van der Waals surface area contributed by atoms with Crippen LogP contribution in [0.4, 0.5) is 5.82 Å². The van der Waals surface area contributed by atoms with E-state index in [0.717, 1.165) is 10.0 Å². The number of amides is 1. The van der Waals surface area contributed by atoms with Gasteiger partial charge in [0, 0.05) is 22.9 Å². The third kappa shape index (κ3) is 3.22. The molecule has 6 heteroatoms. The highest BCUT2D eigenvalue weighted by Gasteiger charge is 2.16. The maximum Gasteiger partial charge on any atom is 0.273 e. The average molecular weight is 357 g/mol. The Kier molecular flexibility index (Phi) is 4.50. The van der Waals surface area contributed by atoms with Gasteiger partial charge in [-0.05, 0) is 54.4 Å². The van der Waals surface area contributed by atoms with Gasteiger partial charge < -0.3 is 9.88 Å². The van der Waals surface area contributed by atoms with E-state index in [2.05, 4.69) is 26.2 Å². The van der Waals surface area contributed by atoms with Crippen LogP contribution in [0.2, 0.25) is 5.02 Å². The molecule has 2 heterocycles. The molecule has 20 heavy (non-hydrogen) atoms. The van der Waals surface area contributed by atoms with Gasteiger partial charge in [-0.15, -0.1) is 0 Å². The van der Waals surface area contributed by atoms with Crippen LogP contribution in [0.1, 0.15) is 35.9 Å². The molecule has 4 nitrogen and oxygen atoms in total. The molecule has 0 spiro atoms. The highest BCUT2D eigenvalue weighted by Crippen LogP contribution is 2.21. The SMILES string of the molecule is Cc1cc(Br)cnc1NC(=O)c1cc(Cl)cn1C(C)C. The summed E-state index contributed by atoms with van der Waals surface area (Å²) in [5.41, 5.74) is 1.41. The molecule has 0 bridgehead atoms. The predicted molar refractivity (Wildman–Crippen MR) is 84.5 cm³/mol. The average Bonchev–Trinajstić information content (AvgIpc) is 2.75. The zero-order valence-electron chi connectivity index (χ0n) is 11.4. The Morgan fingerprint density at radius 3 is 2.75 bits per heavy atom. The van der Waals surface area contributed by atoms with E-state index in [1.165, 1.54) is 0 Å². The quantitative estimate of drug-likeness (QED) is 0.883. The summed E-state index contributed by atoms with van der Waals surface area (Å²) in [5.74, 6) is 0.328. The molecule has 0 radical (unpaired) electrons. The van der Waals surface area contributed by atoms with Gasteiger partial charge >= 0.3 is 0 Å². The Hall–Kier alpha value is -1.33. The molecule has 0 unspecified atom stereocenters. The number of carbonyl (C=O) groups is 1. The van der Waals surface area contributed by atoms with Crippen LogP contribution >= 0.6 is 27.5 Å². The Morgan fingerprint density at radius 1 is 1.45 bits per heavy atom. The lowest BCUT2D eigenvalue weighted by molar-refractivity contribution is 0.101. The Labute approximate surface area is 131 Å². The highest BCUT2D eigenvalue weighted by atomic mass is 79.9. The van der Waals surface area contributed by atoms with Crippen molar-refractivity contribution in [2.24, 2.45) is 0 Å². The van der Waals surface area contributed by atoms with Crippen LogP contribution in [-0.4, -0.2) is 15.5 Å². The molecule has 106 valence electrons. The molecule has 2 rings (SSSR count). The van der Waals surface area contributed by atoms with E-state index in [4.69, 9.17) is 11.6 Å². The number of halogens is 2. The zero-order chi connectivity index (χ0) is 14.9. The van der Waals surface area contributed by atoms with E-state index in [1.54, 1.807) is 18.5 Å². The second-order valence-electron chi connectivity index (χ2n) is 4.82. The third-order valence-electron chi connectivity index (χ3n) is 2.88. The highest BCUT2D eigenvalue weighted by molar-refractivity contribution is 9.10. The van der Waals surface area contributed by atoms with Crippen molar-refractivity contribution in [3.8, 4) is 0 Å². The summed E-state index contributed by atoms with van der Waals surface area (Å²) in [6.07, 6.45) is 3.40. The first-order valence-corrected chi connectivity index (χ1v) is 7.36. The van der Waals surface area contributed by atoms with Crippen molar-refractivity contribution < 1.29 is 4.79 Å². The fourth-order valence-electron chi connectivity index (χ4n) is 1.90. The van der Waals surface area contributed by atoms with Gasteiger partial charge in [0.25, 0.3) is 5.91 Å². The number of aryl methyl sites for hydroxylation is 1. The molecule has 0 fully saturated rings. The van der Waals surface area contributed by atoms with Crippen LogP contribution in [0.3, 0.4) is 0 Å². The minimum Gasteiger partial charge on any atom is -0.339 e. The van der Waals surface area contributed by atoms with Crippen molar-refractivity contribution in [1.29, 1.82) is 0 Å². The van der Waals surface area contributed by atoms with Crippen LogP contribution < -0.4 is 5.32 Å². The molecule has 0 aromatic carbocycles. The maximum absolute atomic E-state index is 12.3. The lowest BCUT2D eigenvalue weighted by Gasteiger charge is -2.13. The maximum atomic E-state index is 12.3. The summed E-state index contributed by atoms with van der Waals surface area (Å²) in [7, 11) is 0. The van der Waals surface area contributed by atoms with E-state index in [1.807, 2.05) is 31.4 Å². The summed E-state index contributed by atoms with van der Waals surface area (Å²) >= 11 is 9.33. The number of hydrogen-bond acceptors (Lipinski definition) is 2. The first-order valence-electron chi connectivity index (χ1n) is 6.19. The fourth-order valence-corrected chi connectivity index (χ4v) is 2.55. The molecular formula is C14H15BrClN3O. The zero-order valence-corrected chi connectivity index (χ0v) is 13.8. The van der Waals surface area contributed by atoms with Crippen molar-refractivity contribution in [2.75, 3.05) is 5.32 Å². The van der Waals surface area contributed by atoms with E-state index in [9.17, 15) is 4.79 Å². The van der Waals surface area contributed by atoms with Crippen LogP contribution in [0.25, 0.3) is 0 Å². The van der Waals surface area contributed by atoms with Crippen molar-refractivity contribution in [3.05, 3.63) is 45.3 Å². The standard InChI is InChI=1S/C14H15BrClN3O/c1-8(2)19-7-11(16)5-12(19)14(20)18-13-9(3)4-10(15)6-17-13/h4-8H,1-3H3,(H,17,18,20). The molecule has 0 aliphatic heterocycles. The molecule has 0 atom stereocenters. The van der Waals surface area contributed by atoms with E-state index < -0.39 is 0 Å². The van der Waals surface area contributed by atoms with Gasteiger partial charge in [-0.25, -0.2) is 4.98 Å². The lowest BCUT2D eigenvalue weighted by Crippen LogP contribution is -2.19. The normalized spacial score (nSPS) is 10.9. The van der Waals surface area contributed by atoms with Gasteiger partial charge in [0.05, 0.1) is 5.02 Å². The van der Waals surface area contributed by atoms with Crippen LogP contribution in [0, 0.1) is 6.92 Å². The van der Waals surface area contributed by atoms with Gasteiger partial charge in [-0.1, -0.05) is 11.6 Å². The van der Waals surface area contributed by atoms with Crippen molar-refractivity contribution in [2.45, 2.75) is 26.8 Å². The van der Waals surface area contributed by atoms with Crippen LogP contribution in [0.5, 0.6) is 0 Å².